The van der Waals surface area contributed by atoms with Crippen molar-refractivity contribution in [3.8, 4) is 22.6 Å². The van der Waals surface area contributed by atoms with E-state index in [1.165, 1.54) is 11.8 Å². The molecule has 0 saturated carbocycles. The van der Waals surface area contributed by atoms with Crippen LogP contribution in [0, 0.1) is 0 Å². The van der Waals surface area contributed by atoms with Gasteiger partial charge in [0.25, 0.3) is 5.22 Å². The summed E-state index contributed by atoms with van der Waals surface area (Å²) >= 11 is 1.46. The average Bonchev–Trinajstić information content (AvgIpc) is 3.88. The predicted molar refractivity (Wildman–Crippen MR) is 196 cm³/mol. The maximum absolute atomic E-state index is 13.0. The van der Waals surface area contributed by atoms with Gasteiger partial charge in [-0.05, 0) is 29.5 Å². The van der Waals surface area contributed by atoms with E-state index in [-0.39, 0.29) is 38.3 Å². The number of aromatic nitrogens is 1. The molecule has 4 atom stereocenters. The SMILES string of the molecule is O=C(NCc1ccc([C@H]2O[C@@H](CSc3nc(-c4ccccc4)c(-c4ccccc4)o3)C[C@@H](c3ccc(CO)cc3)O2)cc1)[C@@H]1CCCN1C(=O)C(F)(F)F. The summed E-state index contributed by atoms with van der Waals surface area (Å²) in [7, 11) is 0. The summed E-state index contributed by atoms with van der Waals surface area (Å²) < 4.78 is 58.5. The third kappa shape index (κ3) is 8.71. The summed E-state index contributed by atoms with van der Waals surface area (Å²) in [4.78, 5) is 30.1. The smallest absolute Gasteiger partial charge is 0.431 e. The van der Waals surface area contributed by atoms with Crippen molar-refractivity contribution in [2.24, 2.45) is 0 Å². The lowest BCUT2D eigenvalue weighted by Crippen LogP contribution is -2.50. The van der Waals surface area contributed by atoms with E-state index in [2.05, 4.69) is 5.32 Å². The van der Waals surface area contributed by atoms with Crippen LogP contribution in [0.2, 0.25) is 0 Å². The van der Waals surface area contributed by atoms with Crippen molar-refractivity contribution >= 4 is 23.6 Å². The second-order valence-electron chi connectivity index (χ2n) is 13.2. The number of alkyl halides is 3. The first-order valence-electron chi connectivity index (χ1n) is 17.7. The number of rotatable bonds is 11. The van der Waals surface area contributed by atoms with Crippen LogP contribution in [0.4, 0.5) is 13.2 Å². The largest absolute Gasteiger partial charge is 0.471 e. The number of aliphatic hydroxyl groups excluding tert-OH is 1. The number of nitrogens with one attached hydrogen (secondary N) is 1. The number of aliphatic hydroxyl groups is 1. The molecule has 0 aliphatic carbocycles. The molecule has 0 unspecified atom stereocenters. The van der Waals surface area contributed by atoms with Gasteiger partial charge in [0.2, 0.25) is 5.91 Å². The minimum absolute atomic E-state index is 0.0692. The second kappa shape index (κ2) is 16.6. The predicted octanol–water partition coefficient (Wildman–Crippen LogP) is 8.01. The van der Waals surface area contributed by atoms with Crippen LogP contribution in [-0.2, 0) is 32.2 Å². The first-order valence-corrected chi connectivity index (χ1v) is 18.6. The van der Waals surface area contributed by atoms with Crippen molar-refractivity contribution in [1.29, 1.82) is 0 Å². The molecule has 4 aromatic carbocycles. The molecule has 54 heavy (non-hydrogen) atoms. The number of carbonyl (C=O) groups is 2. The summed E-state index contributed by atoms with van der Waals surface area (Å²) in [6, 6.07) is 33.4. The summed E-state index contributed by atoms with van der Waals surface area (Å²) in [5, 5.41) is 12.8. The molecule has 13 heteroatoms. The Labute approximate surface area is 314 Å². The van der Waals surface area contributed by atoms with Gasteiger partial charge in [-0.3, -0.25) is 9.59 Å². The minimum Gasteiger partial charge on any atom is -0.431 e. The molecule has 9 nitrogen and oxygen atoms in total. The van der Waals surface area contributed by atoms with Crippen molar-refractivity contribution in [2.75, 3.05) is 12.3 Å². The lowest BCUT2D eigenvalue weighted by atomic mass is 10.0. The Bertz CT molecular complexity index is 1970. The summed E-state index contributed by atoms with van der Waals surface area (Å²) in [5.74, 6) is -1.41. The van der Waals surface area contributed by atoms with E-state index in [0.29, 0.717) is 40.0 Å². The summed E-state index contributed by atoms with van der Waals surface area (Å²) in [6.45, 7) is -0.110. The van der Waals surface area contributed by atoms with Crippen LogP contribution in [0.25, 0.3) is 22.6 Å². The number of amides is 2. The topological polar surface area (TPSA) is 114 Å². The van der Waals surface area contributed by atoms with Crippen molar-refractivity contribution in [2.45, 2.75) is 68.4 Å². The van der Waals surface area contributed by atoms with Crippen LogP contribution >= 0.6 is 11.8 Å². The monoisotopic (exact) mass is 757 g/mol. The van der Waals surface area contributed by atoms with Crippen LogP contribution in [-0.4, -0.2) is 57.4 Å². The van der Waals surface area contributed by atoms with Crippen molar-refractivity contribution in [3.05, 3.63) is 131 Å². The molecular formula is C41H38F3N3O6S. The number of carbonyl (C=O) groups excluding carboxylic acids is 2. The Morgan fingerprint density at radius 2 is 1.50 bits per heavy atom. The molecule has 7 rings (SSSR count). The van der Waals surface area contributed by atoms with Gasteiger partial charge in [0.05, 0.1) is 18.8 Å². The lowest BCUT2D eigenvalue weighted by molar-refractivity contribution is -0.245. The number of likely N-dealkylation sites (tertiary alicyclic amines) is 1. The molecule has 280 valence electrons. The highest BCUT2D eigenvalue weighted by Crippen LogP contribution is 2.41. The lowest BCUT2D eigenvalue weighted by Gasteiger charge is -2.36. The first-order chi connectivity index (χ1) is 26.2. The average molecular weight is 758 g/mol. The van der Waals surface area contributed by atoms with Gasteiger partial charge in [0.15, 0.2) is 12.1 Å². The van der Waals surface area contributed by atoms with Gasteiger partial charge in [-0.25, -0.2) is 4.98 Å². The molecule has 0 bridgehead atoms. The van der Waals surface area contributed by atoms with E-state index in [0.717, 1.165) is 33.5 Å². The second-order valence-corrected chi connectivity index (χ2v) is 14.1. The first kappa shape index (κ1) is 37.4. The quantitative estimate of drug-likeness (QED) is 0.130. The Morgan fingerprint density at radius 3 is 2.17 bits per heavy atom. The fourth-order valence-corrected chi connectivity index (χ4v) is 7.51. The van der Waals surface area contributed by atoms with Crippen molar-refractivity contribution < 1.29 is 41.8 Å². The molecule has 5 aromatic rings. The van der Waals surface area contributed by atoms with E-state index >= 15 is 0 Å². The fourth-order valence-electron chi connectivity index (χ4n) is 6.67. The van der Waals surface area contributed by atoms with Crippen molar-refractivity contribution in [3.63, 3.8) is 0 Å². The van der Waals surface area contributed by atoms with Gasteiger partial charge in [0, 0.05) is 42.0 Å². The Balaban J connectivity index is 1.05. The van der Waals surface area contributed by atoms with E-state index < -0.39 is 30.3 Å². The third-order valence-electron chi connectivity index (χ3n) is 9.48. The number of thioether (sulfide) groups is 1. The van der Waals surface area contributed by atoms with Gasteiger partial charge in [-0.15, -0.1) is 0 Å². The van der Waals surface area contributed by atoms with Crippen molar-refractivity contribution in [1.82, 2.24) is 15.2 Å². The van der Waals surface area contributed by atoms with E-state index in [9.17, 15) is 27.9 Å². The maximum Gasteiger partial charge on any atom is 0.471 e. The molecule has 2 aliphatic heterocycles. The van der Waals surface area contributed by atoms with Crippen LogP contribution < -0.4 is 5.32 Å². The zero-order valence-electron chi connectivity index (χ0n) is 29.1. The molecular weight excluding hydrogens is 720 g/mol. The number of hydrogen-bond donors (Lipinski definition) is 2. The standard InChI is InChI=1S/C41H38F3N3O6S/c42-41(43,44)39(50)47-21-7-12-33(47)37(49)45-23-26-13-19-31(20-14-26)38-51-32(22-34(52-38)28-17-15-27(24-48)16-18-28)25-54-40-46-35(29-8-3-1-4-9-29)36(53-40)30-10-5-2-6-11-30/h1-6,8-11,13-20,32-34,38,48H,7,12,21-25H2,(H,45,49)/t32-,33+,34+,38+/m1/s1. The van der Waals surface area contributed by atoms with Crippen LogP contribution in [0.15, 0.2) is 119 Å². The van der Waals surface area contributed by atoms with Gasteiger partial charge < -0.3 is 29.2 Å². The zero-order valence-corrected chi connectivity index (χ0v) is 29.9. The number of hydrogen-bond acceptors (Lipinski definition) is 8. The highest BCUT2D eigenvalue weighted by atomic mass is 32.2. The fraction of sp³-hybridized carbons (Fsp3) is 0.293. The highest BCUT2D eigenvalue weighted by Gasteiger charge is 2.47. The van der Waals surface area contributed by atoms with Gasteiger partial charge >= 0.3 is 12.1 Å². The Kier molecular flexibility index (Phi) is 11.5. The number of benzene rings is 4. The maximum atomic E-state index is 13.0. The molecule has 0 radical (unpaired) electrons. The number of halogens is 3. The number of ether oxygens (including phenoxy) is 2. The van der Waals surface area contributed by atoms with E-state index in [4.69, 9.17) is 18.9 Å². The number of oxazole rings is 1. The molecule has 2 saturated heterocycles. The van der Waals surface area contributed by atoms with Gasteiger partial charge in [-0.2, -0.15) is 13.2 Å². The molecule has 0 spiro atoms. The molecule has 2 aliphatic rings. The van der Waals surface area contributed by atoms with Crippen LogP contribution in [0.1, 0.15) is 53.9 Å². The molecule has 3 heterocycles. The Morgan fingerprint density at radius 1 is 0.852 bits per heavy atom. The third-order valence-corrected chi connectivity index (χ3v) is 10.4. The summed E-state index contributed by atoms with van der Waals surface area (Å²) in [6.07, 6.45) is -5.31. The van der Waals surface area contributed by atoms with Gasteiger partial charge in [-0.1, -0.05) is 121 Å². The highest BCUT2D eigenvalue weighted by molar-refractivity contribution is 7.99. The van der Waals surface area contributed by atoms with Crippen LogP contribution in [0.3, 0.4) is 0 Å². The molecule has 1 aromatic heterocycles. The Hall–Kier alpha value is -4.95. The molecule has 2 fully saturated rings. The molecule has 2 N–H and O–H groups in total. The van der Waals surface area contributed by atoms with E-state index in [1.807, 2.05) is 97.1 Å². The minimum atomic E-state index is -5.03. The molecule has 2 amide bonds. The van der Waals surface area contributed by atoms with E-state index in [1.54, 1.807) is 12.1 Å². The normalized spacial score (nSPS) is 20.2. The number of nitrogens with zero attached hydrogens (tertiary/aromatic N) is 2. The summed E-state index contributed by atoms with van der Waals surface area (Å²) in [5.41, 5.74) is 5.80. The zero-order chi connectivity index (χ0) is 37.7. The van der Waals surface area contributed by atoms with Crippen LogP contribution in [0.5, 0.6) is 0 Å². The van der Waals surface area contributed by atoms with Gasteiger partial charge in [0.1, 0.15) is 11.7 Å².